The maximum atomic E-state index is 12.8. The number of hydrogen-bond acceptors (Lipinski definition) is 5. The normalized spacial score (nSPS) is 29.7. The van der Waals surface area contributed by atoms with Crippen molar-refractivity contribution in [1.82, 2.24) is 10.6 Å². The van der Waals surface area contributed by atoms with Gasteiger partial charge in [0.15, 0.2) is 0 Å². The molecule has 1 aromatic rings. The van der Waals surface area contributed by atoms with Gasteiger partial charge in [-0.25, -0.2) is 0 Å². The Bertz CT molecular complexity index is 726. The van der Waals surface area contributed by atoms with Gasteiger partial charge in [-0.3, -0.25) is 9.59 Å². The topological polar surface area (TPSA) is 79.9 Å². The molecule has 0 saturated carbocycles. The van der Waals surface area contributed by atoms with Crippen molar-refractivity contribution < 1.29 is 19.1 Å². The molecule has 0 aliphatic carbocycles. The van der Waals surface area contributed by atoms with Crippen molar-refractivity contribution in [2.75, 3.05) is 25.7 Å². The van der Waals surface area contributed by atoms with Gasteiger partial charge in [0.25, 0.3) is 0 Å². The third-order valence-corrected chi connectivity index (χ3v) is 5.99. The van der Waals surface area contributed by atoms with Gasteiger partial charge in [0.1, 0.15) is 11.5 Å². The minimum atomic E-state index is -0.322. The largest absolute Gasteiger partial charge is 0.497 e. The van der Waals surface area contributed by atoms with E-state index in [0.29, 0.717) is 35.8 Å². The Kier molecular flexibility index (Phi) is 4.95. The average Bonchev–Trinajstić information content (AvgIpc) is 3.23. The molecule has 3 saturated heterocycles. The summed E-state index contributed by atoms with van der Waals surface area (Å²) < 4.78 is 10.6. The van der Waals surface area contributed by atoms with Crippen molar-refractivity contribution >= 4 is 17.5 Å². The Hall–Kier alpha value is -2.28. The minimum Gasteiger partial charge on any atom is -0.497 e. The summed E-state index contributed by atoms with van der Waals surface area (Å²) in [5.74, 6) is 0.848. The minimum absolute atomic E-state index is 0.00960. The molecule has 3 aliphatic rings. The number of fused-ring (bicyclic) bond motifs is 2. The van der Waals surface area contributed by atoms with Crippen LogP contribution >= 0.6 is 0 Å². The SMILES string of the molecule is COc1ccc(N2CC(C(=O)NC3CC4CCC(C3)N4)CC2=O)c(OC)c1. The van der Waals surface area contributed by atoms with E-state index in [1.54, 1.807) is 37.3 Å². The summed E-state index contributed by atoms with van der Waals surface area (Å²) in [5, 5.41) is 6.77. The zero-order valence-electron chi connectivity index (χ0n) is 15.9. The Labute approximate surface area is 159 Å². The number of benzene rings is 1. The van der Waals surface area contributed by atoms with Crippen molar-refractivity contribution in [3.63, 3.8) is 0 Å². The van der Waals surface area contributed by atoms with Crippen LogP contribution in [0, 0.1) is 5.92 Å². The van der Waals surface area contributed by atoms with Crippen LogP contribution in [0.1, 0.15) is 32.1 Å². The lowest BCUT2D eigenvalue weighted by molar-refractivity contribution is -0.127. The number of piperidine rings is 1. The molecular weight excluding hydrogens is 346 g/mol. The first-order valence-corrected chi connectivity index (χ1v) is 9.66. The van der Waals surface area contributed by atoms with E-state index < -0.39 is 0 Å². The summed E-state index contributed by atoms with van der Waals surface area (Å²) in [6, 6.07) is 6.62. The Morgan fingerprint density at radius 3 is 2.59 bits per heavy atom. The van der Waals surface area contributed by atoms with E-state index in [-0.39, 0.29) is 30.2 Å². The first kappa shape index (κ1) is 18.1. The molecule has 2 N–H and O–H groups in total. The summed E-state index contributed by atoms with van der Waals surface area (Å²) in [6.45, 7) is 0.380. The molecule has 7 nitrogen and oxygen atoms in total. The number of ether oxygens (including phenoxy) is 2. The van der Waals surface area contributed by atoms with Crippen molar-refractivity contribution in [2.24, 2.45) is 5.92 Å². The molecule has 3 atom stereocenters. The first-order chi connectivity index (χ1) is 13.1. The van der Waals surface area contributed by atoms with Gasteiger partial charge in [-0.15, -0.1) is 0 Å². The first-order valence-electron chi connectivity index (χ1n) is 9.66. The standard InChI is InChI=1S/C20H27N3O4/c1-26-16-5-6-17(18(10-16)27-2)23-11-12(7-19(23)24)20(25)22-15-8-13-3-4-14(9-15)21-13/h5-6,10,12-15,21H,3-4,7-9,11H2,1-2H3,(H,22,25). The van der Waals surface area contributed by atoms with Crippen LogP contribution in [0.3, 0.4) is 0 Å². The molecule has 3 unspecified atom stereocenters. The highest BCUT2D eigenvalue weighted by molar-refractivity contribution is 6.01. The van der Waals surface area contributed by atoms with Crippen LogP contribution < -0.4 is 25.0 Å². The highest BCUT2D eigenvalue weighted by Gasteiger charge is 2.39. The number of anilines is 1. The van der Waals surface area contributed by atoms with Gasteiger partial charge in [-0.05, 0) is 37.8 Å². The van der Waals surface area contributed by atoms with Crippen molar-refractivity contribution in [1.29, 1.82) is 0 Å². The number of nitrogens with one attached hydrogen (secondary N) is 2. The number of amides is 2. The third kappa shape index (κ3) is 3.60. The second-order valence-corrected chi connectivity index (χ2v) is 7.76. The zero-order chi connectivity index (χ0) is 19.0. The van der Waals surface area contributed by atoms with E-state index in [1.165, 1.54) is 12.8 Å². The van der Waals surface area contributed by atoms with Gasteiger partial charge >= 0.3 is 0 Å². The fourth-order valence-corrected chi connectivity index (χ4v) is 4.62. The highest BCUT2D eigenvalue weighted by atomic mass is 16.5. The second kappa shape index (κ2) is 7.38. The molecule has 4 rings (SSSR count). The van der Waals surface area contributed by atoms with Gasteiger partial charge in [-0.1, -0.05) is 0 Å². The molecule has 3 heterocycles. The number of hydrogen-bond donors (Lipinski definition) is 2. The number of nitrogens with zero attached hydrogens (tertiary/aromatic N) is 1. The molecule has 27 heavy (non-hydrogen) atoms. The van der Waals surface area contributed by atoms with Gasteiger partial charge in [0.05, 0.1) is 25.8 Å². The molecule has 3 aliphatic heterocycles. The van der Waals surface area contributed by atoms with Crippen molar-refractivity contribution in [3.05, 3.63) is 18.2 Å². The third-order valence-electron chi connectivity index (χ3n) is 5.99. The fraction of sp³-hybridized carbons (Fsp3) is 0.600. The molecule has 1 aromatic carbocycles. The molecule has 0 radical (unpaired) electrons. The zero-order valence-corrected chi connectivity index (χ0v) is 15.9. The second-order valence-electron chi connectivity index (χ2n) is 7.76. The summed E-state index contributed by atoms with van der Waals surface area (Å²) in [5.41, 5.74) is 0.679. The number of carbonyl (C=O) groups excluding carboxylic acids is 2. The van der Waals surface area contributed by atoms with Crippen LogP contribution in [-0.2, 0) is 9.59 Å². The molecule has 2 amide bonds. The maximum Gasteiger partial charge on any atom is 0.227 e. The summed E-state index contributed by atoms with van der Waals surface area (Å²) in [6.07, 6.45) is 4.60. The molecule has 146 valence electrons. The molecule has 0 spiro atoms. The maximum absolute atomic E-state index is 12.8. The summed E-state index contributed by atoms with van der Waals surface area (Å²) in [7, 11) is 3.15. The van der Waals surface area contributed by atoms with E-state index in [1.807, 2.05) is 0 Å². The summed E-state index contributed by atoms with van der Waals surface area (Å²) >= 11 is 0. The van der Waals surface area contributed by atoms with Crippen LogP contribution in [0.4, 0.5) is 5.69 Å². The monoisotopic (exact) mass is 373 g/mol. The lowest BCUT2D eigenvalue weighted by atomic mass is 9.98. The molecule has 3 fully saturated rings. The predicted octanol–water partition coefficient (Wildman–Crippen LogP) is 1.46. The quantitative estimate of drug-likeness (QED) is 0.817. The van der Waals surface area contributed by atoms with Crippen molar-refractivity contribution in [2.45, 2.75) is 50.2 Å². The fourth-order valence-electron chi connectivity index (χ4n) is 4.62. The van der Waals surface area contributed by atoms with Crippen molar-refractivity contribution in [3.8, 4) is 11.5 Å². The average molecular weight is 373 g/mol. The summed E-state index contributed by atoms with van der Waals surface area (Å²) in [4.78, 5) is 27.0. The number of methoxy groups -OCH3 is 2. The van der Waals surface area contributed by atoms with Gasteiger partial charge in [0.2, 0.25) is 11.8 Å². The Balaban J connectivity index is 1.42. The smallest absolute Gasteiger partial charge is 0.227 e. The van der Waals surface area contributed by atoms with E-state index >= 15 is 0 Å². The van der Waals surface area contributed by atoms with Gasteiger partial charge in [-0.2, -0.15) is 0 Å². The van der Waals surface area contributed by atoms with E-state index in [9.17, 15) is 9.59 Å². The van der Waals surface area contributed by atoms with E-state index in [4.69, 9.17) is 9.47 Å². The Morgan fingerprint density at radius 1 is 1.19 bits per heavy atom. The highest BCUT2D eigenvalue weighted by Crippen LogP contribution is 2.36. The van der Waals surface area contributed by atoms with Crippen LogP contribution in [0.5, 0.6) is 11.5 Å². The van der Waals surface area contributed by atoms with Crippen LogP contribution in [-0.4, -0.2) is 50.7 Å². The lowest BCUT2D eigenvalue weighted by Gasteiger charge is -2.30. The Morgan fingerprint density at radius 2 is 1.93 bits per heavy atom. The van der Waals surface area contributed by atoms with E-state index in [0.717, 1.165) is 12.8 Å². The number of carbonyl (C=O) groups is 2. The molecule has 7 heteroatoms. The van der Waals surface area contributed by atoms with Gasteiger partial charge < -0.3 is 25.0 Å². The lowest BCUT2D eigenvalue weighted by Crippen LogP contribution is -2.49. The molecular formula is C20H27N3O4. The van der Waals surface area contributed by atoms with Crippen LogP contribution in [0.15, 0.2) is 18.2 Å². The van der Waals surface area contributed by atoms with Crippen LogP contribution in [0.25, 0.3) is 0 Å². The van der Waals surface area contributed by atoms with Gasteiger partial charge in [0, 0.05) is 37.2 Å². The van der Waals surface area contributed by atoms with Crippen LogP contribution in [0.2, 0.25) is 0 Å². The van der Waals surface area contributed by atoms with E-state index in [2.05, 4.69) is 10.6 Å². The predicted molar refractivity (Wildman–Crippen MR) is 101 cm³/mol. The molecule has 2 bridgehead atoms. The number of rotatable bonds is 5. The molecule has 0 aromatic heterocycles.